The SMILES string of the molecule is CCC1(OC(=O)C(C)(CC)C(C)(CC(C)(CC)C(=O)OCC(F)(F)S(=O)(=O)O)C(=O)Oc2ccc(O)cc2)CCCC1. The second-order valence-electron chi connectivity index (χ2n) is 11.8. The number of hydrogen-bond acceptors (Lipinski definition) is 9. The number of hydrogen-bond donors (Lipinski definition) is 2. The lowest BCUT2D eigenvalue weighted by atomic mass is 9.57. The average Bonchev–Trinajstić information content (AvgIpc) is 3.40. The van der Waals surface area contributed by atoms with Gasteiger partial charge in [0.1, 0.15) is 17.1 Å². The zero-order chi connectivity index (χ0) is 32.2. The minimum absolute atomic E-state index is 0.0465. The van der Waals surface area contributed by atoms with Crippen molar-refractivity contribution in [3.05, 3.63) is 24.3 Å². The Bertz CT molecular complexity index is 1240. The van der Waals surface area contributed by atoms with Gasteiger partial charge in [0.2, 0.25) is 0 Å². The van der Waals surface area contributed by atoms with Crippen molar-refractivity contribution < 1.29 is 55.5 Å². The first kappa shape index (κ1) is 35.4. The van der Waals surface area contributed by atoms with Gasteiger partial charge >= 0.3 is 33.3 Å². The first-order chi connectivity index (χ1) is 19.2. The van der Waals surface area contributed by atoms with E-state index in [1.54, 1.807) is 13.8 Å². The minimum Gasteiger partial charge on any atom is -0.508 e. The molecule has 3 unspecified atom stereocenters. The average molecular weight is 621 g/mol. The number of rotatable bonds is 14. The number of phenolic OH excluding ortho intramolecular Hbond substituents is 1. The largest absolute Gasteiger partial charge is 0.508 e. The topological polar surface area (TPSA) is 154 Å². The van der Waals surface area contributed by atoms with Crippen molar-refractivity contribution in [3.8, 4) is 11.5 Å². The monoisotopic (exact) mass is 620 g/mol. The van der Waals surface area contributed by atoms with Crippen LogP contribution in [0, 0.1) is 16.2 Å². The number of halogens is 2. The van der Waals surface area contributed by atoms with E-state index in [4.69, 9.17) is 14.0 Å². The molecule has 238 valence electrons. The van der Waals surface area contributed by atoms with Crippen LogP contribution in [0.4, 0.5) is 8.78 Å². The van der Waals surface area contributed by atoms with Crippen molar-refractivity contribution in [2.24, 2.45) is 16.2 Å². The Morgan fingerprint density at radius 3 is 1.90 bits per heavy atom. The molecule has 0 spiro atoms. The van der Waals surface area contributed by atoms with Crippen LogP contribution in [0.15, 0.2) is 24.3 Å². The summed E-state index contributed by atoms with van der Waals surface area (Å²) in [6.45, 7) is 7.49. The maximum absolute atomic E-state index is 14.0. The molecule has 1 aliphatic carbocycles. The Morgan fingerprint density at radius 2 is 1.45 bits per heavy atom. The third kappa shape index (κ3) is 7.21. The van der Waals surface area contributed by atoms with Crippen LogP contribution in [0.3, 0.4) is 0 Å². The quantitative estimate of drug-likeness (QED) is 0.148. The number of ether oxygens (including phenoxy) is 3. The van der Waals surface area contributed by atoms with Gasteiger partial charge in [-0.1, -0.05) is 20.8 Å². The number of phenols is 1. The molecule has 13 heteroatoms. The summed E-state index contributed by atoms with van der Waals surface area (Å²) < 4.78 is 75.0. The van der Waals surface area contributed by atoms with Gasteiger partial charge in [-0.25, -0.2) is 0 Å². The Hall–Kier alpha value is -2.80. The highest BCUT2D eigenvalue weighted by atomic mass is 32.2. The molecule has 0 aliphatic heterocycles. The van der Waals surface area contributed by atoms with Crippen molar-refractivity contribution in [2.45, 2.75) is 104 Å². The molecule has 0 radical (unpaired) electrons. The van der Waals surface area contributed by atoms with Crippen molar-refractivity contribution >= 4 is 28.0 Å². The van der Waals surface area contributed by atoms with Crippen LogP contribution in [-0.2, 0) is 34.0 Å². The van der Waals surface area contributed by atoms with Gasteiger partial charge < -0.3 is 19.3 Å². The van der Waals surface area contributed by atoms with Crippen LogP contribution in [0.1, 0.15) is 92.9 Å². The first-order valence-electron chi connectivity index (χ1n) is 14.0. The summed E-state index contributed by atoms with van der Waals surface area (Å²) in [6.07, 6.45) is 3.21. The second kappa shape index (κ2) is 12.8. The van der Waals surface area contributed by atoms with Crippen LogP contribution in [-0.4, -0.2) is 53.4 Å². The van der Waals surface area contributed by atoms with Gasteiger partial charge in [-0.3, -0.25) is 18.9 Å². The second-order valence-corrected chi connectivity index (χ2v) is 13.4. The Labute approximate surface area is 245 Å². The molecule has 1 saturated carbocycles. The predicted octanol–water partition coefficient (Wildman–Crippen LogP) is 5.82. The maximum Gasteiger partial charge on any atom is 0.402 e. The normalized spacial score (nSPS) is 19.5. The molecule has 1 aromatic carbocycles. The molecule has 10 nitrogen and oxygen atoms in total. The molecule has 1 fully saturated rings. The Balaban J connectivity index is 2.56. The van der Waals surface area contributed by atoms with E-state index in [0.29, 0.717) is 19.3 Å². The van der Waals surface area contributed by atoms with Gasteiger partial charge in [-0.05, 0) is 96.4 Å². The number of alkyl halides is 2. The lowest BCUT2D eigenvalue weighted by Gasteiger charge is -2.47. The fourth-order valence-corrected chi connectivity index (χ4v) is 5.57. The highest BCUT2D eigenvalue weighted by molar-refractivity contribution is 7.86. The fourth-order valence-electron chi connectivity index (χ4n) is 5.36. The number of carbonyl (C=O) groups excluding carboxylic acids is 3. The van der Waals surface area contributed by atoms with E-state index in [2.05, 4.69) is 4.74 Å². The molecule has 42 heavy (non-hydrogen) atoms. The molecule has 1 aliphatic rings. The molecular formula is C29H42F2O10S. The van der Waals surface area contributed by atoms with E-state index >= 15 is 0 Å². The molecule has 2 N–H and O–H groups in total. The molecule has 0 aromatic heterocycles. The van der Waals surface area contributed by atoms with Crippen molar-refractivity contribution in [1.82, 2.24) is 0 Å². The van der Waals surface area contributed by atoms with Gasteiger partial charge in [0.15, 0.2) is 6.61 Å². The van der Waals surface area contributed by atoms with E-state index in [1.807, 2.05) is 6.92 Å². The van der Waals surface area contributed by atoms with E-state index in [9.17, 15) is 36.7 Å². The van der Waals surface area contributed by atoms with Crippen LogP contribution in [0.5, 0.6) is 11.5 Å². The number of carbonyl (C=O) groups is 3. The van der Waals surface area contributed by atoms with Crippen molar-refractivity contribution in [3.63, 3.8) is 0 Å². The molecule has 0 bridgehead atoms. The highest BCUT2D eigenvalue weighted by Crippen LogP contribution is 2.53. The zero-order valence-electron chi connectivity index (χ0n) is 25.0. The number of benzene rings is 1. The van der Waals surface area contributed by atoms with E-state index in [1.165, 1.54) is 45.0 Å². The Morgan fingerprint density at radius 1 is 0.905 bits per heavy atom. The minimum atomic E-state index is -5.86. The number of esters is 3. The van der Waals surface area contributed by atoms with Gasteiger partial charge in [0, 0.05) is 0 Å². The van der Waals surface area contributed by atoms with Crippen LogP contribution < -0.4 is 4.74 Å². The summed E-state index contributed by atoms with van der Waals surface area (Å²) >= 11 is 0. The third-order valence-corrected chi connectivity index (χ3v) is 9.98. The summed E-state index contributed by atoms with van der Waals surface area (Å²) in [5, 5.41) is 4.86. The van der Waals surface area contributed by atoms with Gasteiger partial charge in [-0.15, -0.1) is 0 Å². The van der Waals surface area contributed by atoms with Crippen LogP contribution in [0.2, 0.25) is 0 Å². The third-order valence-electron chi connectivity index (χ3n) is 9.11. The van der Waals surface area contributed by atoms with Crippen LogP contribution >= 0.6 is 0 Å². The lowest BCUT2D eigenvalue weighted by Crippen LogP contribution is -2.55. The van der Waals surface area contributed by atoms with Gasteiger partial charge in [-0.2, -0.15) is 17.2 Å². The van der Waals surface area contributed by atoms with Crippen molar-refractivity contribution in [1.29, 1.82) is 0 Å². The Kier molecular flexibility index (Phi) is 10.8. The summed E-state index contributed by atoms with van der Waals surface area (Å²) in [7, 11) is -5.86. The van der Waals surface area contributed by atoms with E-state index in [0.717, 1.165) is 12.8 Å². The first-order valence-corrected chi connectivity index (χ1v) is 15.5. The molecule has 0 saturated heterocycles. The van der Waals surface area contributed by atoms with Crippen molar-refractivity contribution in [2.75, 3.05) is 6.61 Å². The lowest BCUT2D eigenvalue weighted by molar-refractivity contribution is -0.191. The number of aromatic hydroxyl groups is 1. The van der Waals surface area contributed by atoms with Gasteiger partial charge in [0.05, 0.1) is 16.2 Å². The summed E-state index contributed by atoms with van der Waals surface area (Å²) in [5.74, 6) is -2.88. The molecule has 1 aromatic rings. The summed E-state index contributed by atoms with van der Waals surface area (Å²) in [5.41, 5.74) is -5.78. The summed E-state index contributed by atoms with van der Waals surface area (Å²) in [4.78, 5) is 41.2. The molecule has 2 rings (SSSR count). The predicted molar refractivity (Wildman–Crippen MR) is 148 cm³/mol. The highest BCUT2D eigenvalue weighted by Gasteiger charge is 2.60. The zero-order valence-corrected chi connectivity index (χ0v) is 25.8. The molecule has 0 heterocycles. The smallest absolute Gasteiger partial charge is 0.402 e. The van der Waals surface area contributed by atoms with E-state index < -0.39 is 68.2 Å². The molecule has 0 amide bonds. The molecule has 3 atom stereocenters. The van der Waals surface area contributed by atoms with Gasteiger partial charge in [0.25, 0.3) is 0 Å². The van der Waals surface area contributed by atoms with Crippen LogP contribution in [0.25, 0.3) is 0 Å². The van der Waals surface area contributed by atoms with E-state index in [-0.39, 0.29) is 24.3 Å². The fraction of sp³-hybridized carbons (Fsp3) is 0.690. The standard InChI is InChI=1S/C29H42F2O10S/c1-7-25(4,22(33)39-19-29(30,31)42(36,37)38)18-27(6,23(34)40-21-14-12-20(32)13-15-21)26(5,8-2)24(35)41-28(9-3)16-10-11-17-28/h12-15,32H,7-11,16-19H2,1-6H3,(H,36,37,38). The molecular weight excluding hydrogens is 578 g/mol. The summed E-state index contributed by atoms with van der Waals surface area (Å²) in [6, 6.07) is 5.26. The maximum atomic E-state index is 14.0.